The van der Waals surface area contributed by atoms with Gasteiger partial charge >= 0.3 is 0 Å². The zero-order valence-corrected chi connectivity index (χ0v) is 23.6. The van der Waals surface area contributed by atoms with Crippen molar-refractivity contribution in [2.45, 2.75) is 19.0 Å². The number of benzene rings is 3. The van der Waals surface area contributed by atoms with Gasteiger partial charge in [-0.1, -0.05) is 42.5 Å². The SMILES string of the molecule is COc1ccc(F)cc1C(C(=O)Nc1nccs1)N1Cc2ccc(-c3ccc(C4=CCN(C)CC4)cc3)cc2C1=O. The van der Waals surface area contributed by atoms with E-state index in [0.29, 0.717) is 16.4 Å². The molecule has 1 unspecified atom stereocenters. The zero-order chi connectivity index (χ0) is 28.5. The highest BCUT2D eigenvalue weighted by molar-refractivity contribution is 7.13. The van der Waals surface area contributed by atoms with E-state index in [9.17, 15) is 14.0 Å². The first kappa shape index (κ1) is 26.9. The summed E-state index contributed by atoms with van der Waals surface area (Å²) in [7, 11) is 3.57. The van der Waals surface area contributed by atoms with Gasteiger partial charge in [0, 0.05) is 42.3 Å². The predicted molar refractivity (Wildman–Crippen MR) is 158 cm³/mol. The van der Waals surface area contributed by atoms with Crippen molar-refractivity contribution in [3.63, 3.8) is 0 Å². The number of carbonyl (C=O) groups excluding carboxylic acids is 2. The van der Waals surface area contributed by atoms with Crippen molar-refractivity contribution >= 4 is 33.9 Å². The summed E-state index contributed by atoms with van der Waals surface area (Å²) in [5, 5.41) is 4.91. The molecule has 0 aliphatic carbocycles. The number of aromatic nitrogens is 1. The summed E-state index contributed by atoms with van der Waals surface area (Å²) in [6.07, 6.45) is 4.87. The van der Waals surface area contributed by atoms with Gasteiger partial charge in [-0.15, -0.1) is 11.3 Å². The highest BCUT2D eigenvalue weighted by atomic mass is 32.1. The smallest absolute Gasteiger partial charge is 0.255 e. The van der Waals surface area contributed by atoms with E-state index in [1.54, 1.807) is 11.6 Å². The highest BCUT2D eigenvalue weighted by Crippen LogP contribution is 2.38. The van der Waals surface area contributed by atoms with Gasteiger partial charge in [-0.05, 0) is 65.6 Å². The number of amides is 2. The van der Waals surface area contributed by atoms with E-state index >= 15 is 0 Å². The summed E-state index contributed by atoms with van der Waals surface area (Å²) >= 11 is 1.26. The molecule has 0 fully saturated rings. The number of ether oxygens (including phenoxy) is 1. The Morgan fingerprint density at radius 1 is 1.07 bits per heavy atom. The maximum atomic E-state index is 14.4. The first-order valence-electron chi connectivity index (χ1n) is 13.4. The van der Waals surface area contributed by atoms with Gasteiger partial charge in [0.2, 0.25) is 0 Å². The molecule has 6 rings (SSSR count). The van der Waals surface area contributed by atoms with Gasteiger partial charge in [0.05, 0.1) is 7.11 Å². The second-order valence-electron chi connectivity index (χ2n) is 10.2. The quantitative estimate of drug-likeness (QED) is 0.296. The Kier molecular flexibility index (Phi) is 7.38. The van der Waals surface area contributed by atoms with Crippen molar-refractivity contribution in [3.8, 4) is 16.9 Å². The van der Waals surface area contributed by atoms with Gasteiger partial charge < -0.3 is 14.5 Å². The fourth-order valence-corrected chi connectivity index (χ4v) is 5.98. The van der Waals surface area contributed by atoms with Crippen LogP contribution in [0.5, 0.6) is 5.75 Å². The van der Waals surface area contributed by atoms with Gasteiger partial charge in [-0.3, -0.25) is 14.9 Å². The van der Waals surface area contributed by atoms with Crippen LogP contribution in [0, 0.1) is 5.82 Å². The van der Waals surface area contributed by atoms with Crippen LogP contribution in [0.4, 0.5) is 9.52 Å². The van der Waals surface area contributed by atoms with Crippen molar-refractivity contribution in [3.05, 3.63) is 106 Å². The molecule has 0 bridgehead atoms. The number of carbonyl (C=O) groups is 2. The Labute approximate surface area is 241 Å². The van der Waals surface area contributed by atoms with Crippen molar-refractivity contribution in [1.29, 1.82) is 0 Å². The van der Waals surface area contributed by atoms with E-state index in [4.69, 9.17) is 4.74 Å². The van der Waals surface area contributed by atoms with Crippen LogP contribution in [-0.2, 0) is 11.3 Å². The molecular weight excluding hydrogens is 539 g/mol. The van der Waals surface area contributed by atoms with Crippen LogP contribution in [0.1, 0.15) is 39.5 Å². The van der Waals surface area contributed by atoms with Crippen molar-refractivity contribution in [1.82, 2.24) is 14.8 Å². The summed E-state index contributed by atoms with van der Waals surface area (Å²) in [6, 6.07) is 17.0. The molecule has 3 heterocycles. The summed E-state index contributed by atoms with van der Waals surface area (Å²) in [5.41, 5.74) is 6.06. The third kappa shape index (κ3) is 5.38. The minimum Gasteiger partial charge on any atom is -0.496 e. The van der Waals surface area contributed by atoms with Gasteiger partial charge in [0.1, 0.15) is 17.6 Å². The van der Waals surface area contributed by atoms with E-state index in [-0.39, 0.29) is 18.0 Å². The Hall–Kier alpha value is -4.34. The lowest BCUT2D eigenvalue weighted by molar-refractivity contribution is -0.120. The number of hydrogen-bond acceptors (Lipinski definition) is 6. The van der Waals surface area contributed by atoms with E-state index in [1.807, 2.05) is 18.2 Å². The maximum absolute atomic E-state index is 14.4. The molecule has 41 heavy (non-hydrogen) atoms. The van der Waals surface area contributed by atoms with Crippen molar-refractivity contribution in [2.75, 3.05) is 32.6 Å². The highest BCUT2D eigenvalue weighted by Gasteiger charge is 2.39. The molecule has 0 radical (unpaired) electrons. The number of fused-ring (bicyclic) bond motifs is 1. The summed E-state index contributed by atoms with van der Waals surface area (Å²) < 4.78 is 19.9. The van der Waals surface area contributed by atoms with Gasteiger partial charge in [-0.2, -0.15) is 0 Å². The van der Waals surface area contributed by atoms with Crippen molar-refractivity contribution < 1.29 is 18.7 Å². The lowest BCUT2D eigenvalue weighted by atomic mass is 9.95. The average molecular weight is 569 g/mol. The lowest BCUT2D eigenvalue weighted by Crippen LogP contribution is -2.37. The molecule has 1 aromatic heterocycles. The molecule has 1 N–H and O–H groups in total. The third-order valence-corrected chi connectivity index (χ3v) is 8.34. The van der Waals surface area contributed by atoms with Crippen LogP contribution in [0.3, 0.4) is 0 Å². The molecule has 2 amide bonds. The number of anilines is 1. The van der Waals surface area contributed by atoms with Crippen LogP contribution >= 0.6 is 11.3 Å². The number of methoxy groups -OCH3 is 1. The molecule has 0 saturated heterocycles. The minimum absolute atomic E-state index is 0.200. The van der Waals surface area contributed by atoms with E-state index in [0.717, 1.165) is 36.2 Å². The van der Waals surface area contributed by atoms with Crippen LogP contribution in [-0.4, -0.2) is 53.8 Å². The Balaban J connectivity index is 1.31. The summed E-state index contributed by atoms with van der Waals surface area (Å²) in [4.78, 5) is 35.4. The zero-order valence-electron chi connectivity index (χ0n) is 22.8. The Morgan fingerprint density at radius 2 is 1.85 bits per heavy atom. The molecule has 0 saturated carbocycles. The number of halogens is 1. The minimum atomic E-state index is -1.13. The normalized spacial score (nSPS) is 15.8. The summed E-state index contributed by atoms with van der Waals surface area (Å²) in [6.45, 7) is 2.19. The van der Waals surface area contributed by atoms with Crippen LogP contribution < -0.4 is 10.1 Å². The number of rotatable bonds is 7. The second kappa shape index (κ2) is 11.3. The monoisotopic (exact) mass is 568 g/mol. The largest absolute Gasteiger partial charge is 0.496 e. The number of thiazole rings is 1. The molecule has 0 spiro atoms. The van der Waals surface area contributed by atoms with Crippen LogP contribution in [0.2, 0.25) is 0 Å². The van der Waals surface area contributed by atoms with Gasteiger partial charge in [0.15, 0.2) is 5.13 Å². The van der Waals surface area contributed by atoms with Crippen LogP contribution in [0.25, 0.3) is 16.7 Å². The van der Waals surface area contributed by atoms with E-state index < -0.39 is 17.8 Å². The number of nitrogens with one attached hydrogen (secondary N) is 1. The first-order chi connectivity index (χ1) is 19.9. The number of likely N-dealkylation sites (N-methyl/N-ethyl adjacent to an activating group) is 1. The molecule has 2 aliphatic heterocycles. The Morgan fingerprint density at radius 3 is 2.56 bits per heavy atom. The van der Waals surface area contributed by atoms with Crippen LogP contribution in [0.15, 0.2) is 78.3 Å². The lowest BCUT2D eigenvalue weighted by Gasteiger charge is -2.28. The number of hydrogen-bond donors (Lipinski definition) is 1. The third-order valence-electron chi connectivity index (χ3n) is 7.65. The fraction of sp³-hybridized carbons (Fsp3) is 0.219. The van der Waals surface area contributed by atoms with Crippen molar-refractivity contribution in [2.24, 2.45) is 0 Å². The van der Waals surface area contributed by atoms with Gasteiger partial charge in [0.25, 0.3) is 11.8 Å². The maximum Gasteiger partial charge on any atom is 0.255 e. The molecule has 4 aromatic rings. The second-order valence-corrected chi connectivity index (χ2v) is 11.1. The Bertz CT molecular complexity index is 1640. The topological polar surface area (TPSA) is 74.8 Å². The first-order valence-corrected chi connectivity index (χ1v) is 14.3. The standard InChI is InChI=1S/C32H29FN4O3S/c1-36-14-11-22(12-15-36)20-3-5-21(6-4-20)23-7-8-24-19-37(31(39)26(24)17-23)29(30(38)35-32-34-13-16-41-32)27-18-25(33)9-10-28(27)40-2/h3-11,13,16-18,29H,12,14-15,19H2,1-2H3,(H,34,35,38). The van der Waals surface area contributed by atoms with Gasteiger partial charge in [-0.25, -0.2) is 9.37 Å². The molecule has 3 aromatic carbocycles. The molecule has 9 heteroatoms. The molecular formula is C32H29FN4O3S. The molecule has 1 atom stereocenters. The molecule has 2 aliphatic rings. The fourth-order valence-electron chi connectivity index (χ4n) is 5.45. The number of nitrogens with zero attached hydrogens (tertiary/aromatic N) is 3. The van der Waals surface area contributed by atoms with E-state index in [1.165, 1.54) is 52.7 Å². The molecule has 208 valence electrons. The predicted octanol–water partition coefficient (Wildman–Crippen LogP) is 6.01. The average Bonchev–Trinajstić information content (AvgIpc) is 3.61. The van der Waals surface area contributed by atoms with E-state index in [2.05, 4.69) is 52.6 Å². The molecule has 7 nitrogen and oxygen atoms in total. The summed E-state index contributed by atoms with van der Waals surface area (Å²) in [5.74, 6) is -1.02.